The first-order valence-electron chi connectivity index (χ1n) is 5.30. The average molecular weight is 230 g/mol. The maximum atomic E-state index is 5.06. The molecule has 5 heteroatoms. The van der Waals surface area contributed by atoms with Gasteiger partial charge in [0.2, 0.25) is 5.88 Å². The van der Waals surface area contributed by atoms with Crippen LogP contribution in [0, 0.1) is 6.92 Å². The van der Waals surface area contributed by atoms with Gasteiger partial charge in [0.25, 0.3) is 0 Å². The predicted molar refractivity (Wildman–Crippen MR) is 64.9 cm³/mol. The van der Waals surface area contributed by atoms with E-state index in [0.717, 1.165) is 17.2 Å². The Morgan fingerprint density at radius 2 is 2.06 bits per heavy atom. The van der Waals surface area contributed by atoms with Crippen LogP contribution in [0.1, 0.15) is 11.4 Å². The number of aromatic nitrogens is 3. The number of nitrogens with zero attached hydrogens (tertiary/aromatic N) is 3. The minimum Gasteiger partial charge on any atom is -0.481 e. The quantitative estimate of drug-likeness (QED) is 0.867. The van der Waals surface area contributed by atoms with Crippen LogP contribution in [0.5, 0.6) is 5.88 Å². The summed E-state index contributed by atoms with van der Waals surface area (Å²) in [5.41, 5.74) is 1.09. The second-order valence-electron chi connectivity index (χ2n) is 3.55. The lowest BCUT2D eigenvalue weighted by molar-refractivity contribution is 0.397. The van der Waals surface area contributed by atoms with Crippen molar-refractivity contribution < 1.29 is 4.74 Å². The van der Waals surface area contributed by atoms with Crippen LogP contribution in [0.3, 0.4) is 0 Å². The summed E-state index contributed by atoms with van der Waals surface area (Å²) < 4.78 is 5.06. The number of nitrogens with one attached hydrogen (secondary N) is 1. The Balaban J connectivity index is 2.02. The van der Waals surface area contributed by atoms with Crippen molar-refractivity contribution in [1.29, 1.82) is 0 Å². The Hall–Kier alpha value is -2.17. The monoisotopic (exact) mass is 230 g/mol. The SMILES string of the molecule is COc1cc(CNc2ccnc(C)n2)ccn1. The highest BCUT2D eigenvalue weighted by Gasteiger charge is 1.98. The number of pyridine rings is 1. The normalized spacial score (nSPS) is 10.0. The molecular weight excluding hydrogens is 216 g/mol. The standard InChI is InChI=1S/C12H14N4O/c1-9-13-6-4-11(16-9)15-8-10-3-5-14-12(7-10)17-2/h3-7H,8H2,1-2H3,(H,13,15,16). The number of methoxy groups -OCH3 is 1. The number of anilines is 1. The second kappa shape index (κ2) is 5.25. The highest BCUT2D eigenvalue weighted by Crippen LogP contribution is 2.10. The Bertz CT molecular complexity index is 501. The van der Waals surface area contributed by atoms with Gasteiger partial charge in [-0.25, -0.2) is 15.0 Å². The van der Waals surface area contributed by atoms with Gasteiger partial charge in [0.15, 0.2) is 0 Å². The van der Waals surface area contributed by atoms with E-state index in [1.54, 1.807) is 19.5 Å². The maximum absolute atomic E-state index is 5.06. The Kier molecular flexibility index (Phi) is 3.49. The smallest absolute Gasteiger partial charge is 0.213 e. The third-order valence-corrected chi connectivity index (χ3v) is 2.26. The van der Waals surface area contributed by atoms with Gasteiger partial charge in [0.1, 0.15) is 11.6 Å². The topological polar surface area (TPSA) is 59.9 Å². The third kappa shape index (κ3) is 3.14. The minimum atomic E-state index is 0.614. The summed E-state index contributed by atoms with van der Waals surface area (Å²) in [6.07, 6.45) is 3.46. The van der Waals surface area contributed by atoms with Crippen LogP contribution in [-0.4, -0.2) is 22.1 Å². The second-order valence-corrected chi connectivity index (χ2v) is 3.55. The molecule has 5 nitrogen and oxygen atoms in total. The highest BCUT2D eigenvalue weighted by atomic mass is 16.5. The van der Waals surface area contributed by atoms with Crippen molar-refractivity contribution in [3.8, 4) is 5.88 Å². The van der Waals surface area contributed by atoms with Crippen LogP contribution in [0.25, 0.3) is 0 Å². The molecule has 88 valence electrons. The van der Waals surface area contributed by atoms with E-state index in [0.29, 0.717) is 12.4 Å². The van der Waals surface area contributed by atoms with Crippen molar-refractivity contribution in [2.75, 3.05) is 12.4 Å². The molecular formula is C12H14N4O. The van der Waals surface area contributed by atoms with Gasteiger partial charge in [-0.2, -0.15) is 0 Å². The van der Waals surface area contributed by atoms with E-state index in [2.05, 4.69) is 20.3 Å². The molecule has 2 aromatic heterocycles. The average Bonchev–Trinajstić information content (AvgIpc) is 2.37. The van der Waals surface area contributed by atoms with E-state index in [1.807, 2.05) is 25.1 Å². The molecule has 0 aliphatic carbocycles. The Labute approximate surface area is 99.9 Å². The van der Waals surface area contributed by atoms with Gasteiger partial charge in [-0.3, -0.25) is 0 Å². The number of hydrogen-bond acceptors (Lipinski definition) is 5. The third-order valence-electron chi connectivity index (χ3n) is 2.26. The van der Waals surface area contributed by atoms with Crippen molar-refractivity contribution >= 4 is 5.82 Å². The van der Waals surface area contributed by atoms with Crippen LogP contribution < -0.4 is 10.1 Å². The van der Waals surface area contributed by atoms with Crippen molar-refractivity contribution in [3.63, 3.8) is 0 Å². The van der Waals surface area contributed by atoms with Crippen LogP contribution >= 0.6 is 0 Å². The minimum absolute atomic E-state index is 0.614. The van der Waals surface area contributed by atoms with Gasteiger partial charge >= 0.3 is 0 Å². The van der Waals surface area contributed by atoms with Crippen LogP contribution in [0.4, 0.5) is 5.82 Å². The lowest BCUT2D eigenvalue weighted by atomic mass is 10.2. The fourth-order valence-electron chi connectivity index (χ4n) is 1.42. The molecule has 17 heavy (non-hydrogen) atoms. The van der Waals surface area contributed by atoms with E-state index in [1.165, 1.54) is 0 Å². The first-order valence-corrected chi connectivity index (χ1v) is 5.30. The van der Waals surface area contributed by atoms with Gasteiger partial charge in [-0.1, -0.05) is 0 Å². The number of ether oxygens (including phenoxy) is 1. The molecule has 0 bridgehead atoms. The zero-order valence-electron chi connectivity index (χ0n) is 9.84. The van der Waals surface area contributed by atoms with Crippen molar-refractivity contribution in [2.45, 2.75) is 13.5 Å². The van der Waals surface area contributed by atoms with Crippen LogP contribution in [0.2, 0.25) is 0 Å². The molecule has 0 saturated heterocycles. The first kappa shape index (κ1) is 11.3. The van der Waals surface area contributed by atoms with Crippen molar-refractivity contribution in [1.82, 2.24) is 15.0 Å². The largest absolute Gasteiger partial charge is 0.481 e. The zero-order valence-corrected chi connectivity index (χ0v) is 9.84. The molecule has 0 radical (unpaired) electrons. The molecule has 0 aliphatic rings. The molecule has 0 saturated carbocycles. The van der Waals surface area contributed by atoms with E-state index in [9.17, 15) is 0 Å². The van der Waals surface area contributed by atoms with E-state index < -0.39 is 0 Å². The molecule has 0 spiro atoms. The number of aryl methyl sites for hydroxylation is 1. The highest BCUT2D eigenvalue weighted by molar-refractivity contribution is 5.34. The number of rotatable bonds is 4. The van der Waals surface area contributed by atoms with Gasteiger partial charge < -0.3 is 10.1 Å². The van der Waals surface area contributed by atoms with Crippen LogP contribution in [0.15, 0.2) is 30.6 Å². The molecule has 2 rings (SSSR count). The summed E-state index contributed by atoms with van der Waals surface area (Å²) in [7, 11) is 1.60. The zero-order chi connectivity index (χ0) is 12.1. The van der Waals surface area contributed by atoms with E-state index >= 15 is 0 Å². The summed E-state index contributed by atoms with van der Waals surface area (Å²) in [6.45, 7) is 2.54. The lowest BCUT2D eigenvalue weighted by Gasteiger charge is -2.06. The summed E-state index contributed by atoms with van der Waals surface area (Å²) in [6, 6.07) is 5.66. The first-order chi connectivity index (χ1) is 8.28. The van der Waals surface area contributed by atoms with Gasteiger partial charge in [-0.15, -0.1) is 0 Å². The summed E-state index contributed by atoms with van der Waals surface area (Å²) in [5.74, 6) is 2.18. The molecule has 0 aromatic carbocycles. The lowest BCUT2D eigenvalue weighted by Crippen LogP contribution is -2.03. The fourth-order valence-corrected chi connectivity index (χ4v) is 1.42. The van der Waals surface area contributed by atoms with E-state index in [4.69, 9.17) is 4.74 Å². The molecule has 0 atom stereocenters. The van der Waals surface area contributed by atoms with Gasteiger partial charge in [0, 0.05) is 25.0 Å². The van der Waals surface area contributed by atoms with Crippen molar-refractivity contribution in [3.05, 3.63) is 42.0 Å². The predicted octanol–water partition coefficient (Wildman–Crippen LogP) is 1.80. The fraction of sp³-hybridized carbons (Fsp3) is 0.250. The Morgan fingerprint density at radius 1 is 1.24 bits per heavy atom. The van der Waals surface area contributed by atoms with Gasteiger partial charge in [0.05, 0.1) is 7.11 Å². The summed E-state index contributed by atoms with van der Waals surface area (Å²) in [5, 5.41) is 3.22. The summed E-state index contributed by atoms with van der Waals surface area (Å²) in [4.78, 5) is 12.4. The Morgan fingerprint density at radius 3 is 2.82 bits per heavy atom. The van der Waals surface area contributed by atoms with E-state index in [-0.39, 0.29) is 0 Å². The maximum Gasteiger partial charge on any atom is 0.213 e. The molecule has 2 aromatic rings. The molecule has 0 fully saturated rings. The summed E-state index contributed by atoms with van der Waals surface area (Å²) >= 11 is 0. The molecule has 2 heterocycles. The van der Waals surface area contributed by atoms with Crippen LogP contribution in [-0.2, 0) is 6.54 Å². The molecule has 0 amide bonds. The number of hydrogen-bond donors (Lipinski definition) is 1. The molecule has 0 unspecified atom stereocenters. The van der Waals surface area contributed by atoms with Crippen molar-refractivity contribution in [2.24, 2.45) is 0 Å². The molecule has 0 aliphatic heterocycles. The van der Waals surface area contributed by atoms with Gasteiger partial charge in [-0.05, 0) is 24.6 Å². The molecule has 1 N–H and O–H groups in total.